The first-order valence-corrected chi connectivity index (χ1v) is 8.75. The quantitative estimate of drug-likeness (QED) is 0.802. The molecule has 4 nitrogen and oxygen atoms in total. The zero-order valence-electron chi connectivity index (χ0n) is 14.6. The summed E-state index contributed by atoms with van der Waals surface area (Å²) >= 11 is 0. The summed E-state index contributed by atoms with van der Waals surface area (Å²) in [6.07, 6.45) is 4.71. The molecule has 132 valence electrons. The fourth-order valence-corrected chi connectivity index (χ4v) is 3.42. The first-order chi connectivity index (χ1) is 11.2. The Labute approximate surface area is 150 Å². The third-order valence-electron chi connectivity index (χ3n) is 4.87. The second-order valence-electron chi connectivity index (χ2n) is 6.21. The molecule has 24 heavy (non-hydrogen) atoms. The van der Waals surface area contributed by atoms with Gasteiger partial charge in [0.25, 0.3) is 0 Å². The van der Waals surface area contributed by atoms with Crippen LogP contribution in [-0.2, 0) is 17.6 Å². The van der Waals surface area contributed by atoms with Gasteiger partial charge in [-0.05, 0) is 62.5 Å². The molecule has 1 heterocycles. The molecular weight excluding hydrogens is 324 g/mol. The van der Waals surface area contributed by atoms with Gasteiger partial charge in [-0.1, -0.05) is 13.8 Å². The molecule has 5 heteroatoms. The van der Waals surface area contributed by atoms with E-state index in [1.165, 1.54) is 29.5 Å². The van der Waals surface area contributed by atoms with E-state index in [-0.39, 0.29) is 18.4 Å². The van der Waals surface area contributed by atoms with Crippen LogP contribution in [-0.4, -0.2) is 42.1 Å². The van der Waals surface area contributed by atoms with Crippen molar-refractivity contribution >= 4 is 29.3 Å². The Hall–Kier alpha value is -1.52. The van der Waals surface area contributed by atoms with Crippen molar-refractivity contribution in [3.05, 3.63) is 35.0 Å². The van der Waals surface area contributed by atoms with E-state index in [1.807, 2.05) is 18.2 Å². The summed E-state index contributed by atoms with van der Waals surface area (Å²) in [5, 5.41) is 1.19. The monoisotopic (exact) mass is 350 g/mol. The Balaban J connectivity index is 0.00000208. The highest BCUT2D eigenvalue weighted by atomic mass is 35.5. The number of nitrogens with zero attached hydrogens (tertiary/aromatic N) is 1. The van der Waals surface area contributed by atoms with E-state index in [1.54, 1.807) is 0 Å². The number of aromatic amines is 1. The number of rotatable bonds is 6. The maximum Gasteiger partial charge on any atom is 0.338 e. The number of fused-ring (bicyclic) bond motifs is 3. The summed E-state index contributed by atoms with van der Waals surface area (Å²) in [5.74, 6) is -0.218. The molecule has 1 aliphatic carbocycles. The van der Waals surface area contributed by atoms with Gasteiger partial charge in [0, 0.05) is 23.1 Å². The van der Waals surface area contributed by atoms with Gasteiger partial charge in [0.2, 0.25) is 0 Å². The van der Waals surface area contributed by atoms with Gasteiger partial charge in [0.1, 0.15) is 6.61 Å². The third kappa shape index (κ3) is 3.93. The van der Waals surface area contributed by atoms with Crippen molar-refractivity contribution in [3.63, 3.8) is 0 Å². The minimum atomic E-state index is -0.218. The van der Waals surface area contributed by atoms with Crippen molar-refractivity contribution in [2.75, 3.05) is 26.2 Å². The molecule has 0 unspecified atom stereocenters. The Morgan fingerprint density at radius 3 is 2.71 bits per heavy atom. The number of benzene rings is 1. The van der Waals surface area contributed by atoms with Gasteiger partial charge in [0.05, 0.1) is 5.56 Å². The summed E-state index contributed by atoms with van der Waals surface area (Å²) in [4.78, 5) is 18.0. The highest BCUT2D eigenvalue weighted by Gasteiger charge is 2.17. The van der Waals surface area contributed by atoms with Crippen molar-refractivity contribution in [2.24, 2.45) is 0 Å². The number of aromatic nitrogens is 1. The molecule has 0 aliphatic heterocycles. The van der Waals surface area contributed by atoms with Crippen LogP contribution in [0.5, 0.6) is 0 Å². The van der Waals surface area contributed by atoms with E-state index >= 15 is 0 Å². The molecular formula is C19H27ClN2O2. The van der Waals surface area contributed by atoms with Crippen LogP contribution >= 0.6 is 12.4 Å². The van der Waals surface area contributed by atoms with Crippen LogP contribution in [0.2, 0.25) is 0 Å². The minimum Gasteiger partial charge on any atom is -0.461 e. The molecule has 2 aromatic rings. The lowest BCUT2D eigenvalue weighted by molar-refractivity contribution is 0.0466. The first-order valence-electron chi connectivity index (χ1n) is 8.75. The second-order valence-corrected chi connectivity index (χ2v) is 6.21. The molecule has 0 radical (unpaired) electrons. The molecule has 0 fully saturated rings. The maximum atomic E-state index is 12.3. The predicted molar refractivity (Wildman–Crippen MR) is 100 cm³/mol. The Bertz CT molecular complexity index is 692. The average molecular weight is 351 g/mol. The van der Waals surface area contributed by atoms with E-state index in [4.69, 9.17) is 4.74 Å². The van der Waals surface area contributed by atoms with Crippen LogP contribution in [0.15, 0.2) is 18.2 Å². The van der Waals surface area contributed by atoms with Crippen LogP contribution < -0.4 is 0 Å². The summed E-state index contributed by atoms with van der Waals surface area (Å²) in [7, 11) is 0. The van der Waals surface area contributed by atoms with Gasteiger partial charge in [-0.2, -0.15) is 0 Å². The number of halogens is 1. The van der Waals surface area contributed by atoms with Crippen LogP contribution in [0.25, 0.3) is 10.9 Å². The summed E-state index contributed by atoms with van der Waals surface area (Å²) in [6.45, 7) is 7.44. The van der Waals surface area contributed by atoms with Crippen LogP contribution in [0, 0.1) is 0 Å². The lowest BCUT2D eigenvalue weighted by Crippen LogP contribution is -2.27. The van der Waals surface area contributed by atoms with Crippen LogP contribution in [0.1, 0.15) is 48.3 Å². The number of esters is 1. The van der Waals surface area contributed by atoms with E-state index in [2.05, 4.69) is 23.7 Å². The molecule has 1 N–H and O–H groups in total. The first kappa shape index (κ1) is 18.8. The maximum absolute atomic E-state index is 12.3. The van der Waals surface area contributed by atoms with E-state index < -0.39 is 0 Å². The number of H-pyrrole nitrogens is 1. The fraction of sp³-hybridized carbons (Fsp3) is 0.526. The van der Waals surface area contributed by atoms with Gasteiger partial charge in [-0.25, -0.2) is 4.79 Å². The summed E-state index contributed by atoms with van der Waals surface area (Å²) in [6, 6.07) is 5.87. The molecule has 0 spiro atoms. The number of carbonyl (C=O) groups is 1. The van der Waals surface area contributed by atoms with Gasteiger partial charge in [0.15, 0.2) is 0 Å². The minimum absolute atomic E-state index is 0. The molecule has 0 amide bonds. The largest absolute Gasteiger partial charge is 0.461 e. The SMILES string of the molecule is CCN(CC)CCOC(=O)c1ccc2[nH]c3c(c2c1)CCCC3.Cl. The smallest absolute Gasteiger partial charge is 0.338 e. The standard InChI is InChI=1S/C19H26N2O2.ClH/c1-3-21(4-2)11-12-23-19(22)14-9-10-18-16(13-14)15-7-5-6-8-17(15)20-18;/h9-10,13,20H,3-8,11-12H2,1-2H3;1H. The lowest BCUT2D eigenvalue weighted by atomic mass is 9.95. The van der Waals surface area contributed by atoms with E-state index in [0.717, 1.165) is 38.0 Å². The van der Waals surface area contributed by atoms with Crippen molar-refractivity contribution in [2.45, 2.75) is 39.5 Å². The normalized spacial score (nSPS) is 13.6. The third-order valence-corrected chi connectivity index (χ3v) is 4.87. The zero-order valence-corrected chi connectivity index (χ0v) is 15.4. The number of nitrogens with one attached hydrogen (secondary N) is 1. The number of aryl methyl sites for hydroxylation is 2. The predicted octanol–water partition coefficient (Wildman–Crippen LogP) is 3.97. The molecule has 1 aromatic heterocycles. The van der Waals surface area contributed by atoms with Gasteiger partial charge in [-0.15, -0.1) is 12.4 Å². The van der Waals surface area contributed by atoms with Gasteiger partial charge >= 0.3 is 5.97 Å². The highest BCUT2D eigenvalue weighted by molar-refractivity contribution is 5.96. The van der Waals surface area contributed by atoms with E-state index in [9.17, 15) is 4.79 Å². The number of likely N-dealkylation sites (N-methyl/N-ethyl adjacent to an activating group) is 1. The Kier molecular flexibility index (Phi) is 6.69. The molecule has 1 aromatic carbocycles. The molecule has 0 atom stereocenters. The average Bonchev–Trinajstić information content (AvgIpc) is 2.96. The topological polar surface area (TPSA) is 45.3 Å². The second kappa shape index (κ2) is 8.54. The molecule has 0 saturated heterocycles. The molecule has 1 aliphatic rings. The molecule has 0 saturated carbocycles. The van der Waals surface area contributed by atoms with Crippen molar-refractivity contribution in [1.29, 1.82) is 0 Å². The van der Waals surface area contributed by atoms with Crippen molar-refractivity contribution in [3.8, 4) is 0 Å². The lowest BCUT2D eigenvalue weighted by Gasteiger charge is -2.17. The number of hydrogen-bond acceptors (Lipinski definition) is 3. The highest BCUT2D eigenvalue weighted by Crippen LogP contribution is 2.29. The number of carbonyl (C=O) groups excluding carboxylic acids is 1. The summed E-state index contributed by atoms with van der Waals surface area (Å²) in [5.41, 5.74) is 4.53. The number of hydrogen-bond donors (Lipinski definition) is 1. The van der Waals surface area contributed by atoms with Gasteiger partial charge < -0.3 is 14.6 Å². The molecule has 3 rings (SSSR count). The summed E-state index contributed by atoms with van der Waals surface area (Å²) < 4.78 is 5.44. The van der Waals surface area contributed by atoms with Crippen molar-refractivity contribution in [1.82, 2.24) is 9.88 Å². The molecule has 0 bridgehead atoms. The van der Waals surface area contributed by atoms with Crippen molar-refractivity contribution < 1.29 is 9.53 Å². The Morgan fingerprint density at radius 1 is 1.21 bits per heavy atom. The Morgan fingerprint density at radius 2 is 1.96 bits per heavy atom. The van der Waals surface area contributed by atoms with Crippen LogP contribution in [0.3, 0.4) is 0 Å². The van der Waals surface area contributed by atoms with E-state index in [0.29, 0.717) is 12.2 Å². The van der Waals surface area contributed by atoms with Crippen LogP contribution in [0.4, 0.5) is 0 Å². The van der Waals surface area contributed by atoms with Gasteiger partial charge in [-0.3, -0.25) is 0 Å². The zero-order chi connectivity index (χ0) is 16.2. The number of ether oxygens (including phenoxy) is 1. The fourth-order valence-electron chi connectivity index (χ4n) is 3.42.